The molecule has 0 saturated carbocycles. The fraction of sp³-hybridized carbons (Fsp3) is 0. The first kappa shape index (κ1) is 6.54. The van der Waals surface area contributed by atoms with Gasteiger partial charge in [0, 0.05) is 18.5 Å². The Labute approximate surface area is 73.8 Å². The highest BCUT2D eigenvalue weighted by Gasteiger charge is 2.04. The quantitative estimate of drug-likeness (QED) is 0.611. The molecule has 0 atom stereocenters. The Kier molecular flexibility index (Phi) is 1.14. The topological polar surface area (TPSA) is 46.2 Å². The maximum Gasteiger partial charge on any atom is 0.153 e. The third-order valence-electron chi connectivity index (χ3n) is 1.97. The van der Waals surface area contributed by atoms with Gasteiger partial charge in [0.15, 0.2) is 11.4 Å². The first-order valence-electron chi connectivity index (χ1n) is 3.99. The largest absolute Gasteiger partial charge is 0.463 e. The van der Waals surface area contributed by atoms with Gasteiger partial charge in [-0.15, -0.1) is 0 Å². The van der Waals surface area contributed by atoms with Crippen molar-refractivity contribution in [3.8, 4) is 11.5 Å². The SMILES string of the molecule is c1coc(-c2cc3nccn3[nH]2)c1. The van der Waals surface area contributed by atoms with E-state index in [-0.39, 0.29) is 0 Å². The minimum absolute atomic E-state index is 0.825. The van der Waals surface area contributed by atoms with Crippen molar-refractivity contribution in [1.29, 1.82) is 0 Å². The minimum atomic E-state index is 0.825. The van der Waals surface area contributed by atoms with Gasteiger partial charge in [0.1, 0.15) is 5.69 Å². The molecule has 3 aromatic heterocycles. The van der Waals surface area contributed by atoms with Crippen molar-refractivity contribution in [2.24, 2.45) is 0 Å². The van der Waals surface area contributed by atoms with Crippen LogP contribution in [0, 0.1) is 0 Å². The Morgan fingerprint density at radius 1 is 1.46 bits per heavy atom. The smallest absolute Gasteiger partial charge is 0.153 e. The van der Waals surface area contributed by atoms with Crippen molar-refractivity contribution in [2.75, 3.05) is 0 Å². The second kappa shape index (κ2) is 2.26. The molecule has 0 fully saturated rings. The van der Waals surface area contributed by atoms with Crippen molar-refractivity contribution in [2.45, 2.75) is 0 Å². The maximum absolute atomic E-state index is 5.25. The lowest BCUT2D eigenvalue weighted by Crippen LogP contribution is -1.79. The second-order valence-electron chi connectivity index (χ2n) is 2.80. The predicted octanol–water partition coefficient (Wildman–Crippen LogP) is 1.92. The molecule has 3 heterocycles. The predicted molar refractivity (Wildman–Crippen MR) is 47.2 cm³/mol. The monoisotopic (exact) mass is 173 g/mol. The van der Waals surface area contributed by atoms with Crippen LogP contribution in [0.15, 0.2) is 41.3 Å². The van der Waals surface area contributed by atoms with Gasteiger partial charge in [-0.3, -0.25) is 5.10 Å². The van der Waals surface area contributed by atoms with Crippen LogP contribution in [0.3, 0.4) is 0 Å². The lowest BCUT2D eigenvalue weighted by atomic mass is 10.3. The molecule has 0 radical (unpaired) electrons. The average molecular weight is 173 g/mol. The highest BCUT2D eigenvalue weighted by molar-refractivity contribution is 5.58. The van der Waals surface area contributed by atoms with E-state index in [0.717, 1.165) is 17.1 Å². The highest BCUT2D eigenvalue weighted by atomic mass is 16.3. The van der Waals surface area contributed by atoms with Gasteiger partial charge in [-0.25, -0.2) is 9.50 Å². The Balaban J connectivity index is 2.23. The minimum Gasteiger partial charge on any atom is -0.463 e. The number of furan rings is 1. The number of H-pyrrole nitrogens is 1. The number of hydrogen-bond acceptors (Lipinski definition) is 2. The molecule has 0 aliphatic heterocycles. The standard InChI is InChI=1S/C9H7N3O/c1-2-8(13-5-1)7-6-9-10-3-4-12(9)11-7/h1-6,11H. The van der Waals surface area contributed by atoms with E-state index in [9.17, 15) is 0 Å². The van der Waals surface area contributed by atoms with Gasteiger partial charge in [0.05, 0.1) is 6.26 Å². The molecule has 3 aromatic rings. The summed E-state index contributed by atoms with van der Waals surface area (Å²) < 4.78 is 7.09. The number of rotatable bonds is 1. The average Bonchev–Trinajstić information content (AvgIpc) is 2.78. The number of imidazole rings is 1. The number of fused-ring (bicyclic) bond motifs is 1. The number of aromatic amines is 1. The lowest BCUT2D eigenvalue weighted by molar-refractivity contribution is 0.579. The molecule has 0 bridgehead atoms. The zero-order chi connectivity index (χ0) is 8.67. The van der Waals surface area contributed by atoms with Crippen LogP contribution in [0.5, 0.6) is 0 Å². The Bertz CT molecular complexity index is 489. The zero-order valence-corrected chi connectivity index (χ0v) is 6.77. The fourth-order valence-electron chi connectivity index (χ4n) is 1.37. The summed E-state index contributed by atoms with van der Waals surface area (Å²) in [6.45, 7) is 0. The zero-order valence-electron chi connectivity index (χ0n) is 6.77. The summed E-state index contributed by atoms with van der Waals surface area (Å²) in [4.78, 5) is 4.14. The molecule has 13 heavy (non-hydrogen) atoms. The molecule has 0 amide bonds. The Morgan fingerprint density at radius 3 is 3.23 bits per heavy atom. The first-order valence-corrected chi connectivity index (χ1v) is 3.99. The van der Waals surface area contributed by atoms with Crippen molar-refractivity contribution >= 4 is 5.65 Å². The van der Waals surface area contributed by atoms with Gasteiger partial charge < -0.3 is 4.42 Å². The van der Waals surface area contributed by atoms with Gasteiger partial charge >= 0.3 is 0 Å². The molecule has 0 aromatic carbocycles. The van der Waals surface area contributed by atoms with Crippen LogP contribution in [0.1, 0.15) is 0 Å². The van der Waals surface area contributed by atoms with E-state index < -0.39 is 0 Å². The van der Waals surface area contributed by atoms with Crippen LogP contribution in [0.25, 0.3) is 17.1 Å². The van der Waals surface area contributed by atoms with Crippen molar-refractivity contribution in [3.05, 3.63) is 36.9 Å². The highest BCUT2D eigenvalue weighted by Crippen LogP contribution is 2.18. The van der Waals surface area contributed by atoms with Crippen molar-refractivity contribution in [1.82, 2.24) is 14.6 Å². The summed E-state index contributed by atoms with van der Waals surface area (Å²) in [5.74, 6) is 0.825. The molecule has 4 heteroatoms. The van der Waals surface area contributed by atoms with E-state index in [2.05, 4.69) is 10.1 Å². The number of hydrogen-bond donors (Lipinski definition) is 1. The summed E-state index contributed by atoms with van der Waals surface area (Å²) in [6, 6.07) is 5.71. The van der Waals surface area contributed by atoms with Gasteiger partial charge in [0.2, 0.25) is 0 Å². The molecule has 0 aliphatic rings. The summed E-state index contributed by atoms with van der Waals surface area (Å²) in [6.07, 6.45) is 5.26. The number of nitrogens with zero attached hydrogens (tertiary/aromatic N) is 2. The molecule has 0 unspecified atom stereocenters. The van der Waals surface area contributed by atoms with Crippen LogP contribution in [0.2, 0.25) is 0 Å². The van der Waals surface area contributed by atoms with E-state index in [1.165, 1.54) is 0 Å². The Hall–Kier alpha value is -1.97. The van der Waals surface area contributed by atoms with Crippen LogP contribution in [-0.4, -0.2) is 14.6 Å². The number of aromatic nitrogens is 3. The van der Waals surface area contributed by atoms with E-state index in [1.807, 2.05) is 28.9 Å². The molecule has 1 N–H and O–H groups in total. The van der Waals surface area contributed by atoms with Gasteiger partial charge in [-0.05, 0) is 12.1 Å². The summed E-state index contributed by atoms with van der Waals surface area (Å²) >= 11 is 0. The van der Waals surface area contributed by atoms with Crippen LogP contribution < -0.4 is 0 Å². The summed E-state index contributed by atoms with van der Waals surface area (Å²) in [5.41, 5.74) is 1.83. The normalized spacial score (nSPS) is 11.1. The first-order chi connectivity index (χ1) is 6.43. The molecule has 0 saturated heterocycles. The summed E-state index contributed by atoms with van der Waals surface area (Å²) in [7, 11) is 0. The Morgan fingerprint density at radius 2 is 2.46 bits per heavy atom. The molecule has 4 nitrogen and oxygen atoms in total. The second-order valence-corrected chi connectivity index (χ2v) is 2.80. The van der Waals surface area contributed by atoms with Crippen molar-refractivity contribution in [3.63, 3.8) is 0 Å². The summed E-state index contributed by atoms with van der Waals surface area (Å²) in [5, 5.41) is 3.14. The molecule has 0 spiro atoms. The van der Waals surface area contributed by atoms with Crippen LogP contribution >= 0.6 is 0 Å². The van der Waals surface area contributed by atoms with E-state index in [4.69, 9.17) is 4.42 Å². The molecular weight excluding hydrogens is 166 g/mol. The third kappa shape index (κ3) is 0.885. The van der Waals surface area contributed by atoms with Gasteiger partial charge in [-0.1, -0.05) is 0 Å². The van der Waals surface area contributed by atoms with Crippen LogP contribution in [-0.2, 0) is 0 Å². The van der Waals surface area contributed by atoms with E-state index >= 15 is 0 Å². The van der Waals surface area contributed by atoms with E-state index in [1.54, 1.807) is 12.5 Å². The molecular formula is C9H7N3O. The lowest BCUT2D eigenvalue weighted by Gasteiger charge is -1.87. The van der Waals surface area contributed by atoms with Gasteiger partial charge in [0.25, 0.3) is 0 Å². The number of nitrogens with one attached hydrogen (secondary N) is 1. The molecule has 0 aliphatic carbocycles. The third-order valence-corrected chi connectivity index (χ3v) is 1.97. The van der Waals surface area contributed by atoms with E-state index in [0.29, 0.717) is 0 Å². The molecule has 3 rings (SSSR count). The maximum atomic E-state index is 5.25. The van der Waals surface area contributed by atoms with Gasteiger partial charge in [-0.2, -0.15) is 0 Å². The molecule has 64 valence electrons. The van der Waals surface area contributed by atoms with Crippen molar-refractivity contribution < 1.29 is 4.42 Å². The fourth-order valence-corrected chi connectivity index (χ4v) is 1.37. The van der Waals surface area contributed by atoms with Crippen LogP contribution in [0.4, 0.5) is 0 Å².